The molecule has 2 heterocycles. The molecule has 4 aromatic carbocycles. The van der Waals surface area contributed by atoms with Gasteiger partial charge in [0.05, 0.1) is 12.7 Å². The number of carbonyl (C=O) groups excluding carboxylic acids is 2. The summed E-state index contributed by atoms with van der Waals surface area (Å²) in [7, 11) is 1.56. The van der Waals surface area contributed by atoms with Crippen LogP contribution in [0.4, 0.5) is 4.79 Å². The summed E-state index contributed by atoms with van der Waals surface area (Å²) >= 11 is 0. The molecule has 2 aliphatic rings. The van der Waals surface area contributed by atoms with Crippen LogP contribution in [0, 0.1) is 0 Å². The van der Waals surface area contributed by atoms with Gasteiger partial charge in [-0.05, 0) is 35.9 Å². The zero-order valence-corrected chi connectivity index (χ0v) is 19.2. The smallest absolute Gasteiger partial charge is 0.497 e. The van der Waals surface area contributed by atoms with Crippen LogP contribution >= 0.6 is 0 Å². The number of fused-ring (bicyclic) bond motifs is 6. The quantitative estimate of drug-likeness (QED) is 0.263. The summed E-state index contributed by atoms with van der Waals surface area (Å²) in [6.45, 7) is 0.0874. The summed E-state index contributed by atoms with van der Waals surface area (Å²) in [5.74, 6) is 1.24. The number of hydrogen-bond acceptors (Lipinski definition) is 7. The van der Waals surface area contributed by atoms with E-state index in [1.54, 1.807) is 49.6 Å². The Morgan fingerprint density at radius 3 is 2.22 bits per heavy atom. The highest BCUT2D eigenvalue weighted by Crippen LogP contribution is 2.57. The Labute approximate surface area is 206 Å². The molecular formula is C29H20O7. The fourth-order valence-electron chi connectivity index (χ4n) is 4.67. The minimum Gasteiger partial charge on any atom is -0.497 e. The van der Waals surface area contributed by atoms with Gasteiger partial charge in [0.1, 0.15) is 29.6 Å². The SMILES string of the molecule is COc1ccc2c(c1)Oc1cc(OC(=O)OCc3ccccc3)ccc1C21OC(=O)c2ccccc21. The topological polar surface area (TPSA) is 80.3 Å². The van der Waals surface area contributed by atoms with Crippen LogP contribution in [0.5, 0.6) is 23.0 Å². The van der Waals surface area contributed by atoms with Crippen molar-refractivity contribution in [1.82, 2.24) is 0 Å². The van der Waals surface area contributed by atoms with Gasteiger partial charge in [-0.15, -0.1) is 0 Å². The summed E-state index contributed by atoms with van der Waals surface area (Å²) in [5.41, 5.74) is 2.11. The van der Waals surface area contributed by atoms with Crippen LogP contribution in [0.15, 0.2) is 91.0 Å². The van der Waals surface area contributed by atoms with E-state index in [9.17, 15) is 9.59 Å². The van der Waals surface area contributed by atoms with Gasteiger partial charge in [-0.25, -0.2) is 9.59 Å². The van der Waals surface area contributed by atoms with Crippen molar-refractivity contribution in [2.24, 2.45) is 0 Å². The number of carbonyl (C=O) groups is 2. The first-order chi connectivity index (χ1) is 17.6. The molecular weight excluding hydrogens is 460 g/mol. The first-order valence-corrected chi connectivity index (χ1v) is 11.3. The zero-order valence-electron chi connectivity index (χ0n) is 19.2. The van der Waals surface area contributed by atoms with Crippen LogP contribution in [0.2, 0.25) is 0 Å². The largest absolute Gasteiger partial charge is 0.514 e. The maximum absolute atomic E-state index is 12.9. The number of hydrogen-bond donors (Lipinski definition) is 0. The van der Waals surface area contributed by atoms with E-state index < -0.39 is 17.7 Å². The molecule has 0 bridgehead atoms. The molecule has 0 N–H and O–H groups in total. The minimum atomic E-state index is -1.21. The normalized spacial score (nSPS) is 16.8. The summed E-state index contributed by atoms with van der Waals surface area (Å²) in [5, 5.41) is 0. The third-order valence-electron chi connectivity index (χ3n) is 6.29. The van der Waals surface area contributed by atoms with Crippen molar-refractivity contribution >= 4 is 12.1 Å². The second-order valence-corrected chi connectivity index (χ2v) is 8.36. The molecule has 0 aliphatic carbocycles. The fourth-order valence-corrected chi connectivity index (χ4v) is 4.67. The molecule has 6 rings (SSSR count). The van der Waals surface area contributed by atoms with E-state index in [1.807, 2.05) is 48.5 Å². The minimum absolute atomic E-state index is 0.0874. The maximum atomic E-state index is 12.9. The van der Waals surface area contributed by atoms with Crippen molar-refractivity contribution in [1.29, 1.82) is 0 Å². The molecule has 4 aromatic rings. The Balaban J connectivity index is 1.38. The van der Waals surface area contributed by atoms with Gasteiger partial charge in [0, 0.05) is 28.8 Å². The predicted molar refractivity (Wildman–Crippen MR) is 129 cm³/mol. The van der Waals surface area contributed by atoms with Crippen LogP contribution in [0.25, 0.3) is 0 Å². The lowest BCUT2D eigenvalue weighted by Crippen LogP contribution is -2.33. The fraction of sp³-hybridized carbons (Fsp3) is 0.103. The lowest BCUT2D eigenvalue weighted by Gasteiger charge is -2.36. The Morgan fingerprint density at radius 2 is 1.47 bits per heavy atom. The van der Waals surface area contributed by atoms with Crippen molar-refractivity contribution in [3.63, 3.8) is 0 Å². The number of esters is 1. The van der Waals surface area contributed by atoms with Gasteiger partial charge in [0.25, 0.3) is 0 Å². The van der Waals surface area contributed by atoms with Gasteiger partial charge < -0.3 is 23.7 Å². The van der Waals surface area contributed by atoms with E-state index in [0.717, 1.165) is 5.56 Å². The summed E-state index contributed by atoms with van der Waals surface area (Å²) < 4.78 is 28.3. The average molecular weight is 480 g/mol. The molecule has 0 aromatic heterocycles. The van der Waals surface area contributed by atoms with Gasteiger partial charge in [0.15, 0.2) is 5.60 Å². The number of benzene rings is 4. The molecule has 0 fully saturated rings. The lowest BCUT2D eigenvalue weighted by atomic mass is 9.77. The molecule has 1 unspecified atom stereocenters. The Kier molecular flexibility index (Phi) is 5.11. The van der Waals surface area contributed by atoms with E-state index in [1.165, 1.54) is 0 Å². The molecule has 2 aliphatic heterocycles. The van der Waals surface area contributed by atoms with Crippen molar-refractivity contribution < 1.29 is 33.3 Å². The highest BCUT2D eigenvalue weighted by atomic mass is 16.7. The Hall–Kier alpha value is -4.78. The lowest BCUT2D eigenvalue weighted by molar-refractivity contribution is 0.0224. The molecule has 1 spiro atoms. The molecule has 0 amide bonds. The van der Waals surface area contributed by atoms with Crippen LogP contribution in [-0.4, -0.2) is 19.2 Å². The van der Waals surface area contributed by atoms with Gasteiger partial charge in [-0.1, -0.05) is 48.5 Å². The number of methoxy groups -OCH3 is 1. The van der Waals surface area contributed by atoms with Gasteiger partial charge >= 0.3 is 12.1 Å². The first-order valence-electron chi connectivity index (χ1n) is 11.3. The standard InChI is InChI=1S/C29H20O7/c1-32-19-11-13-23-25(15-19)35-26-16-20(34-28(31)33-17-18-7-3-2-4-8-18)12-14-24(26)29(23)22-10-6-5-9-21(22)27(30)36-29/h2-16H,17H2,1H3. The van der Waals surface area contributed by atoms with Gasteiger partial charge in [-0.3, -0.25) is 0 Å². The van der Waals surface area contributed by atoms with E-state index in [4.69, 9.17) is 23.7 Å². The van der Waals surface area contributed by atoms with Crippen molar-refractivity contribution in [3.05, 3.63) is 119 Å². The van der Waals surface area contributed by atoms with Crippen LogP contribution in [0.3, 0.4) is 0 Å². The average Bonchev–Trinajstić information content (AvgIpc) is 3.20. The number of rotatable bonds is 4. The summed E-state index contributed by atoms with van der Waals surface area (Å²) in [6, 6.07) is 26.9. The van der Waals surface area contributed by atoms with Crippen LogP contribution in [-0.2, 0) is 21.7 Å². The van der Waals surface area contributed by atoms with E-state index >= 15 is 0 Å². The Bertz CT molecular complexity index is 1490. The molecule has 7 heteroatoms. The molecule has 0 saturated carbocycles. The Morgan fingerprint density at radius 1 is 0.806 bits per heavy atom. The predicted octanol–water partition coefficient (Wildman–Crippen LogP) is 5.98. The zero-order chi connectivity index (χ0) is 24.7. The van der Waals surface area contributed by atoms with Crippen LogP contribution in [0.1, 0.15) is 32.6 Å². The monoisotopic (exact) mass is 480 g/mol. The van der Waals surface area contributed by atoms with Crippen molar-refractivity contribution in [2.75, 3.05) is 7.11 Å². The molecule has 36 heavy (non-hydrogen) atoms. The first kappa shape index (κ1) is 21.7. The van der Waals surface area contributed by atoms with E-state index in [-0.39, 0.29) is 12.4 Å². The highest BCUT2D eigenvalue weighted by molar-refractivity contribution is 5.97. The second-order valence-electron chi connectivity index (χ2n) is 8.36. The second kappa shape index (κ2) is 8.46. The van der Waals surface area contributed by atoms with Gasteiger partial charge in [-0.2, -0.15) is 0 Å². The number of ether oxygens (including phenoxy) is 5. The third-order valence-corrected chi connectivity index (χ3v) is 6.29. The third kappa shape index (κ3) is 3.44. The molecule has 0 saturated heterocycles. The highest BCUT2D eigenvalue weighted by Gasteiger charge is 2.53. The molecule has 1 atom stereocenters. The van der Waals surface area contributed by atoms with Crippen molar-refractivity contribution in [2.45, 2.75) is 12.2 Å². The van der Waals surface area contributed by atoms with Gasteiger partial charge in [0.2, 0.25) is 0 Å². The maximum Gasteiger partial charge on any atom is 0.514 e. The molecule has 7 nitrogen and oxygen atoms in total. The summed E-state index contributed by atoms with van der Waals surface area (Å²) in [4.78, 5) is 25.2. The van der Waals surface area contributed by atoms with E-state index in [0.29, 0.717) is 39.5 Å². The summed E-state index contributed by atoms with van der Waals surface area (Å²) in [6.07, 6.45) is -0.843. The van der Waals surface area contributed by atoms with Crippen LogP contribution < -0.4 is 14.2 Å². The van der Waals surface area contributed by atoms with Crippen molar-refractivity contribution in [3.8, 4) is 23.0 Å². The molecule has 0 radical (unpaired) electrons. The molecule has 178 valence electrons. The van der Waals surface area contributed by atoms with E-state index in [2.05, 4.69) is 0 Å².